The number of rotatable bonds is 5. The Morgan fingerprint density at radius 2 is 2.08 bits per heavy atom. The summed E-state index contributed by atoms with van der Waals surface area (Å²) < 4.78 is 5.50. The van der Waals surface area contributed by atoms with Crippen LogP contribution in [-0.4, -0.2) is 27.5 Å². The summed E-state index contributed by atoms with van der Waals surface area (Å²) in [6.07, 6.45) is 8.71. The molecule has 26 heavy (non-hydrogen) atoms. The molecule has 1 aliphatic carbocycles. The summed E-state index contributed by atoms with van der Waals surface area (Å²) in [5, 5.41) is 4.73. The number of likely N-dealkylation sites (tertiary alicyclic amines) is 1. The van der Waals surface area contributed by atoms with Crippen LogP contribution in [0.3, 0.4) is 0 Å². The lowest BCUT2D eigenvalue weighted by Gasteiger charge is -2.22. The molecule has 1 amide bonds. The number of carbonyl (C=O) groups is 1. The van der Waals surface area contributed by atoms with E-state index in [1.807, 2.05) is 29.2 Å². The van der Waals surface area contributed by atoms with Gasteiger partial charge < -0.3 is 9.42 Å². The zero-order chi connectivity index (χ0) is 17.9. The Bertz CT molecular complexity index is 770. The van der Waals surface area contributed by atoms with Gasteiger partial charge in [0.1, 0.15) is 6.04 Å². The summed E-state index contributed by atoms with van der Waals surface area (Å²) >= 11 is 6.04. The predicted octanol–water partition coefficient (Wildman–Crippen LogP) is 5.02. The summed E-state index contributed by atoms with van der Waals surface area (Å²) in [5.74, 6) is 2.01. The number of aromatic nitrogens is 2. The minimum atomic E-state index is -0.0912. The van der Waals surface area contributed by atoms with Crippen LogP contribution in [0, 0.1) is 5.92 Å². The van der Waals surface area contributed by atoms with Gasteiger partial charge in [-0.05, 0) is 37.3 Å². The van der Waals surface area contributed by atoms with Crippen molar-refractivity contribution < 1.29 is 9.32 Å². The van der Waals surface area contributed by atoms with E-state index in [1.54, 1.807) is 0 Å². The van der Waals surface area contributed by atoms with E-state index < -0.39 is 0 Å². The van der Waals surface area contributed by atoms with Gasteiger partial charge in [-0.1, -0.05) is 54.6 Å². The van der Waals surface area contributed by atoms with E-state index in [4.69, 9.17) is 16.1 Å². The predicted molar refractivity (Wildman–Crippen MR) is 99.6 cm³/mol. The molecule has 2 aliphatic rings. The number of halogens is 1. The fourth-order valence-corrected chi connectivity index (χ4v) is 4.40. The van der Waals surface area contributed by atoms with Crippen molar-refractivity contribution in [1.82, 2.24) is 15.0 Å². The Morgan fingerprint density at radius 3 is 2.88 bits per heavy atom. The number of hydrogen-bond donors (Lipinski definition) is 0. The third kappa shape index (κ3) is 3.78. The second-order valence-corrected chi connectivity index (χ2v) is 7.84. The van der Waals surface area contributed by atoms with Gasteiger partial charge in [0.15, 0.2) is 0 Å². The van der Waals surface area contributed by atoms with Crippen LogP contribution in [0.15, 0.2) is 28.8 Å². The van der Waals surface area contributed by atoms with Crippen molar-refractivity contribution in [3.05, 3.63) is 35.2 Å². The molecule has 2 aromatic rings. The van der Waals surface area contributed by atoms with E-state index in [0.29, 0.717) is 23.2 Å². The lowest BCUT2D eigenvalue weighted by Crippen LogP contribution is -2.30. The van der Waals surface area contributed by atoms with Crippen molar-refractivity contribution in [3.8, 4) is 11.4 Å². The third-order valence-electron chi connectivity index (χ3n) is 5.62. The zero-order valence-electron chi connectivity index (χ0n) is 14.9. The molecule has 2 heterocycles. The molecule has 1 saturated carbocycles. The molecule has 0 radical (unpaired) electrons. The first kappa shape index (κ1) is 17.5. The van der Waals surface area contributed by atoms with Gasteiger partial charge >= 0.3 is 0 Å². The van der Waals surface area contributed by atoms with Crippen LogP contribution < -0.4 is 0 Å². The van der Waals surface area contributed by atoms with Gasteiger partial charge in [0.25, 0.3) is 0 Å². The van der Waals surface area contributed by atoms with Crippen molar-refractivity contribution >= 4 is 17.5 Å². The molecular weight excluding hydrogens is 350 g/mol. The maximum absolute atomic E-state index is 12.7. The number of carbonyl (C=O) groups excluding carboxylic acids is 1. The molecule has 0 spiro atoms. The maximum Gasteiger partial charge on any atom is 0.249 e. The molecule has 4 rings (SSSR count). The van der Waals surface area contributed by atoms with Crippen molar-refractivity contribution in [2.75, 3.05) is 6.54 Å². The summed E-state index contributed by atoms with van der Waals surface area (Å²) in [6.45, 7) is 0.781. The van der Waals surface area contributed by atoms with Crippen LogP contribution in [0.4, 0.5) is 0 Å². The van der Waals surface area contributed by atoms with Crippen molar-refractivity contribution in [2.24, 2.45) is 5.92 Å². The van der Waals surface area contributed by atoms with Crippen molar-refractivity contribution in [3.63, 3.8) is 0 Å². The van der Waals surface area contributed by atoms with Crippen LogP contribution in [0.25, 0.3) is 11.4 Å². The Kier molecular flexibility index (Phi) is 5.25. The minimum Gasteiger partial charge on any atom is -0.337 e. The molecule has 2 fully saturated rings. The lowest BCUT2D eigenvalue weighted by atomic mass is 10.0. The van der Waals surface area contributed by atoms with Crippen molar-refractivity contribution in [1.29, 1.82) is 0 Å². The minimum absolute atomic E-state index is 0.0912. The highest BCUT2D eigenvalue weighted by Gasteiger charge is 2.34. The van der Waals surface area contributed by atoms with Crippen LogP contribution in [0.5, 0.6) is 0 Å². The van der Waals surface area contributed by atoms with Gasteiger partial charge in [-0.25, -0.2) is 0 Å². The normalized spacial score (nSPS) is 20.8. The highest BCUT2D eigenvalue weighted by atomic mass is 35.5. The molecule has 6 heteroatoms. The summed E-state index contributed by atoms with van der Waals surface area (Å²) in [6, 6.07) is 7.30. The van der Waals surface area contributed by atoms with E-state index in [0.717, 1.165) is 37.3 Å². The Labute approximate surface area is 158 Å². The largest absolute Gasteiger partial charge is 0.337 e. The SMILES string of the molecule is O=C(CCC1CCCC1)N1CCC[C@H]1c1nc(-c2cccc(Cl)c2)no1. The lowest BCUT2D eigenvalue weighted by molar-refractivity contribution is -0.132. The second kappa shape index (κ2) is 7.78. The standard InChI is InChI=1S/C20H24ClN3O2/c21-16-8-3-7-15(13-16)19-22-20(26-23-19)17-9-4-12-24(17)18(25)11-10-14-5-1-2-6-14/h3,7-8,13-14,17H,1-2,4-6,9-12H2/t17-/m0/s1. The number of hydrogen-bond acceptors (Lipinski definition) is 4. The summed E-state index contributed by atoms with van der Waals surface area (Å²) in [5.41, 5.74) is 0.824. The van der Waals surface area contributed by atoms with Crippen molar-refractivity contribution in [2.45, 2.75) is 57.4 Å². The van der Waals surface area contributed by atoms with Gasteiger partial charge in [0, 0.05) is 23.6 Å². The topological polar surface area (TPSA) is 59.2 Å². The van der Waals surface area contributed by atoms with E-state index in [2.05, 4.69) is 10.1 Å². The molecular formula is C20H24ClN3O2. The molecule has 1 aromatic carbocycles. The van der Waals surface area contributed by atoms with Gasteiger partial charge in [-0.3, -0.25) is 4.79 Å². The number of nitrogens with zero attached hydrogens (tertiary/aromatic N) is 3. The molecule has 1 aliphatic heterocycles. The van der Waals surface area contributed by atoms with E-state index in [-0.39, 0.29) is 11.9 Å². The quantitative estimate of drug-likeness (QED) is 0.737. The van der Waals surface area contributed by atoms with Crippen LogP contribution >= 0.6 is 11.6 Å². The van der Waals surface area contributed by atoms with E-state index >= 15 is 0 Å². The van der Waals surface area contributed by atoms with E-state index in [9.17, 15) is 4.79 Å². The fraction of sp³-hybridized carbons (Fsp3) is 0.550. The van der Waals surface area contributed by atoms with Gasteiger partial charge in [-0.15, -0.1) is 0 Å². The number of benzene rings is 1. The average Bonchev–Trinajstić information content (AvgIpc) is 3.40. The van der Waals surface area contributed by atoms with Crippen LogP contribution in [0.2, 0.25) is 5.02 Å². The second-order valence-electron chi connectivity index (χ2n) is 7.40. The highest BCUT2D eigenvalue weighted by molar-refractivity contribution is 6.30. The Morgan fingerprint density at radius 1 is 1.23 bits per heavy atom. The van der Waals surface area contributed by atoms with Crippen LogP contribution in [-0.2, 0) is 4.79 Å². The summed E-state index contributed by atoms with van der Waals surface area (Å²) in [4.78, 5) is 19.2. The first-order valence-corrected chi connectivity index (χ1v) is 9.97. The first-order valence-electron chi connectivity index (χ1n) is 9.60. The average molecular weight is 374 g/mol. The Balaban J connectivity index is 1.43. The molecule has 0 N–H and O–H groups in total. The number of amides is 1. The smallest absolute Gasteiger partial charge is 0.249 e. The third-order valence-corrected chi connectivity index (χ3v) is 5.86. The monoisotopic (exact) mass is 373 g/mol. The molecule has 0 unspecified atom stereocenters. The molecule has 0 bridgehead atoms. The maximum atomic E-state index is 12.7. The van der Waals surface area contributed by atoms with Crippen LogP contribution in [0.1, 0.15) is 63.3 Å². The van der Waals surface area contributed by atoms with Gasteiger partial charge in [0.05, 0.1) is 0 Å². The molecule has 5 nitrogen and oxygen atoms in total. The highest BCUT2D eigenvalue weighted by Crippen LogP contribution is 2.34. The fourth-order valence-electron chi connectivity index (χ4n) is 4.21. The van der Waals surface area contributed by atoms with Gasteiger partial charge in [-0.2, -0.15) is 4.98 Å². The van der Waals surface area contributed by atoms with E-state index in [1.165, 1.54) is 25.7 Å². The zero-order valence-corrected chi connectivity index (χ0v) is 15.6. The Hall–Kier alpha value is -1.88. The first-order chi connectivity index (χ1) is 12.7. The molecule has 1 atom stereocenters. The molecule has 1 saturated heterocycles. The summed E-state index contributed by atoms with van der Waals surface area (Å²) in [7, 11) is 0. The van der Waals surface area contributed by atoms with Gasteiger partial charge in [0.2, 0.25) is 17.6 Å². The molecule has 138 valence electrons. The molecule has 1 aromatic heterocycles.